The number of fused-ring (bicyclic) bond motifs is 1. The van der Waals surface area contributed by atoms with Crippen LogP contribution < -0.4 is 0 Å². The van der Waals surface area contributed by atoms with Crippen LogP contribution in [0.15, 0.2) is 60.7 Å². The van der Waals surface area contributed by atoms with Crippen LogP contribution in [-0.4, -0.2) is 15.3 Å². The zero-order valence-corrected chi connectivity index (χ0v) is 11.1. The first kappa shape index (κ1) is 13.7. The highest BCUT2D eigenvalue weighted by Crippen LogP contribution is 2.24. The third kappa shape index (κ3) is 3.01. The summed E-state index contributed by atoms with van der Waals surface area (Å²) in [4.78, 5) is 0. The molecule has 0 radical (unpaired) electrons. The summed E-state index contributed by atoms with van der Waals surface area (Å²) < 4.78 is 0. The van der Waals surface area contributed by atoms with Crippen molar-refractivity contribution in [2.45, 2.75) is 6.92 Å². The van der Waals surface area contributed by atoms with Gasteiger partial charge in [0.2, 0.25) is 0 Å². The van der Waals surface area contributed by atoms with Crippen LogP contribution in [-0.2, 0) is 0 Å². The molecule has 0 fully saturated rings. The molecule has 0 amide bonds. The van der Waals surface area contributed by atoms with Gasteiger partial charge in [0.05, 0.1) is 0 Å². The van der Waals surface area contributed by atoms with Crippen molar-refractivity contribution in [1.82, 2.24) is 0 Å². The first-order valence-corrected chi connectivity index (χ1v) is 6.24. The van der Waals surface area contributed by atoms with Crippen LogP contribution in [0.5, 0.6) is 17.2 Å². The molecule has 0 aliphatic carbocycles. The van der Waals surface area contributed by atoms with E-state index >= 15 is 0 Å². The number of hydrogen-bond donors (Lipinski definition) is 3. The lowest BCUT2D eigenvalue weighted by Crippen LogP contribution is -1.73. The average molecular weight is 268 g/mol. The zero-order chi connectivity index (χ0) is 14.5. The Morgan fingerprint density at radius 3 is 1.70 bits per heavy atom. The summed E-state index contributed by atoms with van der Waals surface area (Å²) in [5.74, 6) is 0.619. The Morgan fingerprint density at radius 1 is 0.600 bits per heavy atom. The molecule has 0 unspecified atom stereocenters. The number of aromatic hydroxyl groups is 3. The molecule has 0 aliphatic heterocycles. The van der Waals surface area contributed by atoms with E-state index in [1.807, 2.05) is 36.4 Å². The Bertz CT molecular complexity index is 695. The smallest absolute Gasteiger partial charge is 0.123 e. The van der Waals surface area contributed by atoms with Crippen LogP contribution in [0.25, 0.3) is 10.8 Å². The summed E-state index contributed by atoms with van der Waals surface area (Å²) in [7, 11) is 0. The van der Waals surface area contributed by atoms with E-state index in [-0.39, 0.29) is 11.5 Å². The van der Waals surface area contributed by atoms with Gasteiger partial charge in [0.15, 0.2) is 0 Å². The van der Waals surface area contributed by atoms with Crippen molar-refractivity contribution in [3.05, 3.63) is 66.2 Å². The van der Waals surface area contributed by atoms with E-state index in [1.54, 1.807) is 19.1 Å². The van der Waals surface area contributed by atoms with Crippen molar-refractivity contribution in [2.75, 3.05) is 0 Å². The lowest BCUT2D eigenvalue weighted by atomic mass is 10.1. The summed E-state index contributed by atoms with van der Waals surface area (Å²) in [6.45, 7) is 1.66. The molecule has 20 heavy (non-hydrogen) atoms. The maximum absolute atomic E-state index is 9.37. The molecule has 3 rings (SSSR count). The van der Waals surface area contributed by atoms with Crippen molar-refractivity contribution < 1.29 is 15.3 Å². The maximum atomic E-state index is 9.37. The van der Waals surface area contributed by atoms with Gasteiger partial charge < -0.3 is 15.3 Å². The fourth-order valence-electron chi connectivity index (χ4n) is 1.82. The van der Waals surface area contributed by atoms with E-state index in [0.29, 0.717) is 11.3 Å². The van der Waals surface area contributed by atoms with Gasteiger partial charge in [-0.3, -0.25) is 0 Å². The van der Waals surface area contributed by atoms with Gasteiger partial charge in [-0.05, 0) is 30.5 Å². The fraction of sp³-hybridized carbons (Fsp3) is 0.0588. The third-order valence-corrected chi connectivity index (χ3v) is 3.04. The summed E-state index contributed by atoms with van der Waals surface area (Å²) in [5, 5.41) is 29.2. The summed E-state index contributed by atoms with van der Waals surface area (Å²) in [6, 6.07) is 18.0. The summed E-state index contributed by atoms with van der Waals surface area (Å²) >= 11 is 0. The molecule has 3 aromatic carbocycles. The number of benzene rings is 3. The monoisotopic (exact) mass is 268 g/mol. The first-order valence-electron chi connectivity index (χ1n) is 6.24. The molecule has 0 saturated heterocycles. The van der Waals surface area contributed by atoms with E-state index in [2.05, 4.69) is 0 Å². The van der Waals surface area contributed by atoms with Gasteiger partial charge in [0.25, 0.3) is 0 Å². The molecular weight excluding hydrogens is 252 g/mol. The maximum Gasteiger partial charge on any atom is 0.123 e. The zero-order valence-electron chi connectivity index (χ0n) is 11.1. The highest BCUT2D eigenvalue weighted by molar-refractivity contribution is 5.87. The molecule has 3 heteroatoms. The van der Waals surface area contributed by atoms with E-state index in [9.17, 15) is 5.11 Å². The molecule has 0 spiro atoms. The summed E-state index contributed by atoms with van der Waals surface area (Å²) in [6.07, 6.45) is 0. The minimum absolute atomic E-state index is 0.134. The molecule has 3 nitrogen and oxygen atoms in total. The second-order valence-electron chi connectivity index (χ2n) is 4.42. The molecule has 0 saturated carbocycles. The Balaban J connectivity index is 0.000000151. The van der Waals surface area contributed by atoms with Crippen molar-refractivity contribution in [2.24, 2.45) is 0 Å². The van der Waals surface area contributed by atoms with Crippen LogP contribution in [0.1, 0.15) is 5.56 Å². The molecule has 3 aromatic rings. The summed E-state index contributed by atoms with van der Waals surface area (Å²) in [5.41, 5.74) is 0.525. The van der Waals surface area contributed by atoms with Gasteiger partial charge in [0, 0.05) is 10.9 Å². The second kappa shape index (κ2) is 5.97. The van der Waals surface area contributed by atoms with Gasteiger partial charge in [-0.15, -0.1) is 0 Å². The van der Waals surface area contributed by atoms with Crippen LogP contribution in [0.4, 0.5) is 0 Å². The van der Waals surface area contributed by atoms with Gasteiger partial charge in [0.1, 0.15) is 17.2 Å². The molecular formula is C17H16O3. The highest BCUT2D eigenvalue weighted by atomic mass is 16.3. The Morgan fingerprint density at radius 2 is 1.10 bits per heavy atom. The minimum Gasteiger partial charge on any atom is -0.508 e. The lowest BCUT2D eigenvalue weighted by molar-refractivity contribution is 0.443. The SMILES string of the molecule is Cc1c(O)cccc1O.Oc1cccc2ccccc12. The third-order valence-electron chi connectivity index (χ3n) is 3.04. The molecule has 0 aromatic heterocycles. The van der Waals surface area contributed by atoms with Crippen LogP contribution >= 0.6 is 0 Å². The quantitative estimate of drug-likeness (QED) is 0.578. The largest absolute Gasteiger partial charge is 0.508 e. The van der Waals surface area contributed by atoms with E-state index in [1.165, 1.54) is 12.1 Å². The molecule has 0 atom stereocenters. The lowest BCUT2D eigenvalue weighted by Gasteiger charge is -1.98. The van der Waals surface area contributed by atoms with Gasteiger partial charge in [-0.2, -0.15) is 0 Å². The van der Waals surface area contributed by atoms with Crippen molar-refractivity contribution in [3.8, 4) is 17.2 Å². The van der Waals surface area contributed by atoms with Gasteiger partial charge >= 0.3 is 0 Å². The number of phenolic OH excluding ortho intramolecular Hbond substituents is 3. The van der Waals surface area contributed by atoms with Crippen LogP contribution in [0.3, 0.4) is 0 Å². The second-order valence-corrected chi connectivity index (χ2v) is 4.42. The number of rotatable bonds is 0. The molecule has 0 heterocycles. The van der Waals surface area contributed by atoms with Crippen LogP contribution in [0.2, 0.25) is 0 Å². The molecule has 0 bridgehead atoms. The molecule has 3 N–H and O–H groups in total. The Hall–Kier alpha value is -2.68. The predicted molar refractivity (Wildman–Crippen MR) is 80.1 cm³/mol. The normalized spacial score (nSPS) is 9.85. The molecule has 102 valence electrons. The predicted octanol–water partition coefficient (Wildman–Crippen LogP) is 3.95. The Labute approximate surface area is 117 Å². The van der Waals surface area contributed by atoms with Crippen LogP contribution in [0, 0.1) is 6.92 Å². The number of hydrogen-bond acceptors (Lipinski definition) is 3. The van der Waals surface area contributed by atoms with Crippen molar-refractivity contribution >= 4 is 10.8 Å². The highest BCUT2D eigenvalue weighted by Gasteiger charge is 1.97. The van der Waals surface area contributed by atoms with Gasteiger partial charge in [-0.25, -0.2) is 0 Å². The minimum atomic E-state index is 0.134. The van der Waals surface area contributed by atoms with Crippen molar-refractivity contribution in [3.63, 3.8) is 0 Å². The van der Waals surface area contributed by atoms with E-state index < -0.39 is 0 Å². The van der Waals surface area contributed by atoms with E-state index in [4.69, 9.17) is 10.2 Å². The standard InChI is InChI=1S/C10H8O.C7H8O2/c11-10-7-3-5-8-4-1-2-6-9(8)10;1-5-6(8)3-2-4-7(5)9/h1-7,11H;2-4,8-9H,1H3. The van der Waals surface area contributed by atoms with Gasteiger partial charge in [-0.1, -0.05) is 42.5 Å². The fourth-order valence-corrected chi connectivity index (χ4v) is 1.82. The first-order chi connectivity index (χ1) is 9.59. The molecule has 0 aliphatic rings. The number of phenols is 3. The average Bonchev–Trinajstić information content (AvgIpc) is 2.46. The topological polar surface area (TPSA) is 60.7 Å². The van der Waals surface area contributed by atoms with E-state index in [0.717, 1.165) is 10.8 Å². The van der Waals surface area contributed by atoms with Crippen molar-refractivity contribution in [1.29, 1.82) is 0 Å². The Kier molecular flexibility index (Phi) is 4.11.